The molecule has 0 saturated heterocycles. The van der Waals surface area contributed by atoms with Crippen molar-refractivity contribution in [3.05, 3.63) is 54.2 Å². The lowest BCUT2D eigenvalue weighted by atomic mass is 10.2. The van der Waals surface area contributed by atoms with Crippen LogP contribution in [0.25, 0.3) is 11.0 Å². The van der Waals surface area contributed by atoms with Crippen molar-refractivity contribution in [1.82, 2.24) is 14.9 Å². The Bertz CT molecular complexity index is 762. The highest BCUT2D eigenvalue weighted by atomic mass is 16.5. The number of rotatable bonds is 8. The summed E-state index contributed by atoms with van der Waals surface area (Å²) in [4.78, 5) is 4.70. The van der Waals surface area contributed by atoms with Crippen LogP contribution >= 0.6 is 0 Å². The molecule has 5 nitrogen and oxygen atoms in total. The van der Waals surface area contributed by atoms with Gasteiger partial charge >= 0.3 is 0 Å². The number of imidazole rings is 1. The van der Waals surface area contributed by atoms with Gasteiger partial charge < -0.3 is 13.7 Å². The maximum Gasteiger partial charge on any atom is 0.123 e. The molecule has 1 unspecified atom stereocenters. The van der Waals surface area contributed by atoms with Crippen LogP contribution in [0.4, 0.5) is 0 Å². The van der Waals surface area contributed by atoms with Crippen LogP contribution in [0.5, 0.6) is 0 Å². The molecule has 128 valence electrons. The smallest absolute Gasteiger partial charge is 0.123 e. The number of fused-ring (bicyclic) bond motifs is 1. The number of para-hydroxylation sites is 2. The summed E-state index contributed by atoms with van der Waals surface area (Å²) in [6.45, 7) is 6.27. The summed E-state index contributed by atoms with van der Waals surface area (Å²) in [6, 6.07) is 12.1. The van der Waals surface area contributed by atoms with Crippen molar-refractivity contribution >= 4 is 11.0 Å². The lowest BCUT2D eigenvalue weighted by Gasteiger charge is -2.17. The topological polar surface area (TPSA) is 52.2 Å². The van der Waals surface area contributed by atoms with E-state index in [-0.39, 0.29) is 6.04 Å². The predicted octanol–water partition coefficient (Wildman–Crippen LogP) is 3.67. The van der Waals surface area contributed by atoms with Crippen molar-refractivity contribution in [3.63, 3.8) is 0 Å². The van der Waals surface area contributed by atoms with E-state index in [9.17, 15) is 0 Å². The first-order chi connectivity index (χ1) is 11.6. The molecule has 0 amide bonds. The van der Waals surface area contributed by atoms with Crippen LogP contribution in [-0.4, -0.2) is 22.8 Å². The second kappa shape index (κ2) is 7.64. The first-order valence-corrected chi connectivity index (χ1v) is 8.40. The molecule has 0 fully saturated rings. The van der Waals surface area contributed by atoms with Crippen molar-refractivity contribution < 1.29 is 9.15 Å². The summed E-state index contributed by atoms with van der Waals surface area (Å²) in [7, 11) is 2.05. The molecule has 2 aromatic heterocycles. The first-order valence-electron chi connectivity index (χ1n) is 8.40. The van der Waals surface area contributed by atoms with E-state index < -0.39 is 0 Å². The Kier molecular flexibility index (Phi) is 5.33. The van der Waals surface area contributed by atoms with E-state index in [1.54, 1.807) is 6.26 Å². The minimum atomic E-state index is 0.0126. The molecule has 24 heavy (non-hydrogen) atoms. The Labute approximate surface area is 142 Å². The number of nitrogens with one attached hydrogen (secondary N) is 1. The third-order valence-corrected chi connectivity index (χ3v) is 4.01. The van der Waals surface area contributed by atoms with Crippen molar-refractivity contribution in [2.75, 3.05) is 13.2 Å². The van der Waals surface area contributed by atoms with Gasteiger partial charge in [-0.1, -0.05) is 26.0 Å². The zero-order valence-electron chi connectivity index (χ0n) is 14.5. The Morgan fingerprint density at radius 1 is 1.17 bits per heavy atom. The number of benzene rings is 1. The normalized spacial score (nSPS) is 13.0. The van der Waals surface area contributed by atoms with E-state index in [1.165, 1.54) is 0 Å². The fourth-order valence-electron chi connectivity index (χ4n) is 2.72. The molecule has 3 rings (SSSR count). The van der Waals surface area contributed by atoms with Gasteiger partial charge in [0, 0.05) is 13.7 Å². The summed E-state index contributed by atoms with van der Waals surface area (Å²) in [5.41, 5.74) is 2.15. The van der Waals surface area contributed by atoms with Crippen molar-refractivity contribution in [3.8, 4) is 0 Å². The fraction of sp³-hybridized carbons (Fsp3) is 0.421. The van der Waals surface area contributed by atoms with E-state index >= 15 is 0 Å². The number of nitrogens with zero attached hydrogens (tertiary/aromatic N) is 2. The maximum absolute atomic E-state index is 5.81. The second-order valence-corrected chi connectivity index (χ2v) is 6.46. The van der Waals surface area contributed by atoms with E-state index in [1.807, 2.05) is 37.4 Å². The Morgan fingerprint density at radius 3 is 2.71 bits per heavy atom. The molecule has 1 N–H and O–H groups in total. The monoisotopic (exact) mass is 327 g/mol. The predicted molar refractivity (Wildman–Crippen MR) is 94.7 cm³/mol. The number of hydrogen-bond acceptors (Lipinski definition) is 4. The van der Waals surface area contributed by atoms with E-state index in [4.69, 9.17) is 14.1 Å². The van der Waals surface area contributed by atoms with Gasteiger partial charge in [-0.2, -0.15) is 0 Å². The van der Waals surface area contributed by atoms with Gasteiger partial charge in [0.15, 0.2) is 0 Å². The number of aryl methyl sites for hydroxylation is 1. The third kappa shape index (κ3) is 3.86. The molecule has 0 radical (unpaired) electrons. The van der Waals surface area contributed by atoms with Crippen molar-refractivity contribution in [2.24, 2.45) is 13.0 Å². The van der Waals surface area contributed by atoms with Crippen LogP contribution in [0.3, 0.4) is 0 Å². The molecule has 5 heteroatoms. The highest BCUT2D eigenvalue weighted by molar-refractivity contribution is 5.75. The average molecular weight is 327 g/mol. The number of hydrogen-bond donors (Lipinski definition) is 1. The zero-order chi connectivity index (χ0) is 16.9. The van der Waals surface area contributed by atoms with Gasteiger partial charge in [-0.15, -0.1) is 0 Å². The summed E-state index contributed by atoms with van der Waals surface area (Å²) in [5, 5.41) is 3.51. The first kappa shape index (κ1) is 16.7. The molecule has 0 aliphatic carbocycles. The second-order valence-electron chi connectivity index (χ2n) is 6.46. The highest BCUT2D eigenvalue weighted by Crippen LogP contribution is 2.17. The fourth-order valence-corrected chi connectivity index (χ4v) is 2.72. The molecule has 2 heterocycles. The molecule has 1 atom stereocenters. The van der Waals surface area contributed by atoms with Crippen molar-refractivity contribution in [2.45, 2.75) is 26.4 Å². The van der Waals surface area contributed by atoms with Crippen LogP contribution in [0, 0.1) is 5.92 Å². The molecule has 0 bridgehead atoms. The van der Waals surface area contributed by atoms with E-state index in [0.717, 1.165) is 29.2 Å². The van der Waals surface area contributed by atoms with Crippen LogP contribution in [0.15, 0.2) is 47.1 Å². The van der Waals surface area contributed by atoms with Gasteiger partial charge in [0.2, 0.25) is 0 Å². The van der Waals surface area contributed by atoms with Gasteiger partial charge in [-0.25, -0.2) is 4.98 Å². The number of furan rings is 1. The van der Waals surface area contributed by atoms with Crippen LogP contribution in [0.2, 0.25) is 0 Å². The maximum atomic E-state index is 5.81. The lowest BCUT2D eigenvalue weighted by Crippen LogP contribution is -2.26. The molecule has 0 saturated carbocycles. The van der Waals surface area contributed by atoms with Gasteiger partial charge in [0.05, 0.1) is 36.5 Å². The number of ether oxygens (including phenoxy) is 1. The van der Waals surface area contributed by atoms with Crippen LogP contribution in [0.1, 0.15) is 31.5 Å². The molecule has 0 spiro atoms. The van der Waals surface area contributed by atoms with E-state index in [2.05, 4.69) is 29.8 Å². The summed E-state index contributed by atoms with van der Waals surface area (Å²) in [5.74, 6) is 2.40. The largest absolute Gasteiger partial charge is 0.468 e. The average Bonchev–Trinajstić information content (AvgIpc) is 3.20. The Balaban J connectivity index is 1.69. The zero-order valence-corrected chi connectivity index (χ0v) is 14.5. The SMILES string of the molecule is CC(C)COCC(NCc1nc2ccccc2n1C)c1ccco1. The van der Waals surface area contributed by atoms with Gasteiger partial charge in [-0.05, 0) is 30.2 Å². The summed E-state index contributed by atoms with van der Waals surface area (Å²) >= 11 is 0. The molecule has 3 aromatic rings. The standard InChI is InChI=1S/C19H25N3O2/c1-14(2)12-23-13-16(18-9-6-10-24-18)20-11-19-21-15-7-4-5-8-17(15)22(19)3/h4-10,14,16,20H,11-13H2,1-3H3. The summed E-state index contributed by atoms with van der Waals surface area (Å²) in [6.07, 6.45) is 1.70. The Morgan fingerprint density at radius 2 is 2.00 bits per heavy atom. The Hall–Kier alpha value is -2.11. The van der Waals surface area contributed by atoms with Gasteiger partial charge in [-0.3, -0.25) is 5.32 Å². The quantitative estimate of drug-likeness (QED) is 0.686. The van der Waals surface area contributed by atoms with Gasteiger partial charge in [0.1, 0.15) is 11.6 Å². The molecule has 0 aliphatic heterocycles. The molecular formula is C19H25N3O2. The van der Waals surface area contributed by atoms with Gasteiger partial charge in [0.25, 0.3) is 0 Å². The minimum Gasteiger partial charge on any atom is -0.468 e. The number of aromatic nitrogens is 2. The van der Waals surface area contributed by atoms with Crippen molar-refractivity contribution in [1.29, 1.82) is 0 Å². The third-order valence-electron chi connectivity index (χ3n) is 4.01. The molecule has 1 aromatic carbocycles. The van der Waals surface area contributed by atoms with Crippen LogP contribution in [-0.2, 0) is 18.3 Å². The lowest BCUT2D eigenvalue weighted by molar-refractivity contribution is 0.0842. The molecular weight excluding hydrogens is 302 g/mol. The van der Waals surface area contributed by atoms with Crippen LogP contribution < -0.4 is 5.32 Å². The highest BCUT2D eigenvalue weighted by Gasteiger charge is 2.16. The minimum absolute atomic E-state index is 0.0126. The van der Waals surface area contributed by atoms with E-state index in [0.29, 0.717) is 19.1 Å². The summed E-state index contributed by atoms with van der Waals surface area (Å²) < 4.78 is 13.5. The molecule has 0 aliphatic rings.